The van der Waals surface area contributed by atoms with Gasteiger partial charge in [0.15, 0.2) is 0 Å². The van der Waals surface area contributed by atoms with Gasteiger partial charge >= 0.3 is 12.1 Å². The van der Waals surface area contributed by atoms with Gasteiger partial charge in [0.05, 0.1) is 24.4 Å². The number of nitrogens with one attached hydrogen (secondary N) is 1. The highest BCUT2D eigenvalue weighted by molar-refractivity contribution is 7.09. The number of benzene rings is 1. The van der Waals surface area contributed by atoms with Gasteiger partial charge in [-0.15, -0.1) is 0 Å². The van der Waals surface area contributed by atoms with E-state index in [1.807, 2.05) is 25.1 Å². The highest BCUT2D eigenvalue weighted by Crippen LogP contribution is 2.36. The summed E-state index contributed by atoms with van der Waals surface area (Å²) in [5.41, 5.74) is 2.38. The number of esters is 1. The molecule has 0 fully saturated rings. The Labute approximate surface area is 197 Å². The van der Waals surface area contributed by atoms with Crippen molar-refractivity contribution in [2.24, 2.45) is 11.8 Å². The van der Waals surface area contributed by atoms with Crippen LogP contribution in [0.15, 0.2) is 18.2 Å². The van der Waals surface area contributed by atoms with Gasteiger partial charge in [-0.2, -0.15) is 22.5 Å². The summed E-state index contributed by atoms with van der Waals surface area (Å²) >= 11 is 0.666. The quantitative estimate of drug-likeness (QED) is 0.367. The first-order valence-corrected chi connectivity index (χ1v) is 11.9. The zero-order valence-corrected chi connectivity index (χ0v) is 20.8. The lowest BCUT2D eigenvalue weighted by molar-refractivity contribution is -0.144. The molecule has 1 aromatic heterocycles. The lowest BCUT2D eigenvalue weighted by atomic mass is 9.96. The molecule has 1 heterocycles. The van der Waals surface area contributed by atoms with Crippen LogP contribution in [0.3, 0.4) is 0 Å². The smallest absolute Gasteiger partial charge is 0.452 e. The van der Waals surface area contributed by atoms with E-state index in [0.717, 1.165) is 24.3 Å². The number of nitrogens with zero attached hydrogens (tertiary/aromatic N) is 3. The minimum Gasteiger partial charge on any atom is -0.466 e. The molecule has 0 bridgehead atoms. The van der Waals surface area contributed by atoms with Crippen LogP contribution in [-0.4, -0.2) is 35.0 Å². The molecule has 184 valence electrons. The SMILES string of the molecule is CCOC(=O)C[C@@H](C)c1ccc(N(CC(C)C)CC(C)C)c(Nc2nc(C(F)(F)F)ns2)c1. The first kappa shape index (κ1) is 26.9. The Morgan fingerprint density at radius 1 is 1.15 bits per heavy atom. The van der Waals surface area contributed by atoms with E-state index >= 15 is 0 Å². The van der Waals surface area contributed by atoms with Crippen molar-refractivity contribution < 1.29 is 22.7 Å². The van der Waals surface area contributed by atoms with E-state index in [1.54, 1.807) is 6.92 Å². The van der Waals surface area contributed by atoms with Crippen molar-refractivity contribution in [2.45, 2.75) is 60.1 Å². The molecule has 2 aromatic rings. The Kier molecular flexibility index (Phi) is 9.51. The van der Waals surface area contributed by atoms with Gasteiger partial charge < -0.3 is 15.0 Å². The van der Waals surface area contributed by atoms with Crippen molar-refractivity contribution in [3.05, 3.63) is 29.6 Å². The third kappa shape index (κ3) is 8.17. The Morgan fingerprint density at radius 2 is 1.79 bits per heavy atom. The number of alkyl halides is 3. The van der Waals surface area contributed by atoms with Gasteiger partial charge in [-0.25, -0.2) is 0 Å². The van der Waals surface area contributed by atoms with Crippen LogP contribution in [0, 0.1) is 11.8 Å². The molecule has 0 radical (unpaired) electrons. The maximum Gasteiger partial charge on any atom is 0.452 e. The molecule has 0 aliphatic rings. The van der Waals surface area contributed by atoms with Crippen LogP contribution in [0.25, 0.3) is 0 Å². The van der Waals surface area contributed by atoms with E-state index in [2.05, 4.69) is 47.3 Å². The van der Waals surface area contributed by atoms with Crippen LogP contribution in [0.1, 0.15) is 65.3 Å². The van der Waals surface area contributed by atoms with Crippen molar-refractivity contribution in [1.82, 2.24) is 9.36 Å². The summed E-state index contributed by atoms with van der Waals surface area (Å²) in [4.78, 5) is 17.8. The zero-order valence-electron chi connectivity index (χ0n) is 20.0. The van der Waals surface area contributed by atoms with E-state index in [1.165, 1.54) is 0 Å². The Balaban J connectivity index is 2.44. The predicted molar refractivity (Wildman–Crippen MR) is 126 cm³/mol. The molecule has 1 aromatic carbocycles. The van der Waals surface area contributed by atoms with Crippen molar-refractivity contribution >= 4 is 34.0 Å². The summed E-state index contributed by atoms with van der Waals surface area (Å²) in [6.45, 7) is 14.1. The topological polar surface area (TPSA) is 67.3 Å². The van der Waals surface area contributed by atoms with Crippen LogP contribution < -0.4 is 10.2 Å². The fraction of sp³-hybridized carbons (Fsp3) is 0.609. The summed E-state index contributed by atoms with van der Waals surface area (Å²) in [5, 5.41) is 3.12. The third-order valence-electron chi connectivity index (χ3n) is 4.80. The van der Waals surface area contributed by atoms with Gasteiger partial charge in [0.2, 0.25) is 11.0 Å². The lowest BCUT2D eigenvalue weighted by Gasteiger charge is -2.31. The highest BCUT2D eigenvalue weighted by Gasteiger charge is 2.36. The lowest BCUT2D eigenvalue weighted by Crippen LogP contribution is -2.31. The molecule has 0 aliphatic heterocycles. The second-order valence-electron chi connectivity index (χ2n) is 8.93. The van der Waals surface area contributed by atoms with E-state index in [0.29, 0.717) is 35.7 Å². The van der Waals surface area contributed by atoms with Crippen molar-refractivity contribution in [2.75, 3.05) is 29.9 Å². The number of aromatic nitrogens is 2. The van der Waals surface area contributed by atoms with Crippen molar-refractivity contribution in [1.29, 1.82) is 0 Å². The average Bonchev–Trinajstić information content (AvgIpc) is 3.16. The number of ether oxygens (including phenoxy) is 1. The molecule has 0 saturated carbocycles. The van der Waals surface area contributed by atoms with Crippen LogP contribution >= 0.6 is 11.5 Å². The van der Waals surface area contributed by atoms with Crippen LogP contribution in [0.5, 0.6) is 0 Å². The van der Waals surface area contributed by atoms with E-state index in [-0.39, 0.29) is 23.4 Å². The molecule has 0 amide bonds. The first-order chi connectivity index (χ1) is 15.4. The minimum atomic E-state index is -4.60. The molecule has 0 saturated heterocycles. The molecular formula is C23H33F3N4O2S. The fourth-order valence-corrected chi connectivity index (χ4v) is 4.08. The predicted octanol–water partition coefficient (Wildman–Crippen LogP) is 6.48. The molecule has 0 unspecified atom stereocenters. The summed E-state index contributed by atoms with van der Waals surface area (Å²) in [7, 11) is 0. The molecular weight excluding hydrogens is 453 g/mol. The van der Waals surface area contributed by atoms with Gasteiger partial charge in [-0.1, -0.05) is 40.7 Å². The van der Waals surface area contributed by atoms with Gasteiger partial charge in [0.25, 0.3) is 0 Å². The molecule has 0 aliphatic carbocycles. The molecule has 6 nitrogen and oxygen atoms in total. The third-order valence-corrected chi connectivity index (χ3v) is 5.43. The second-order valence-corrected chi connectivity index (χ2v) is 9.68. The number of carbonyl (C=O) groups is 1. The standard InChI is InChI=1S/C23H33F3N4O2S/c1-7-32-20(31)10-16(6)17-8-9-19(30(12-14(2)3)13-15(4)5)18(11-17)27-22-28-21(29-33-22)23(24,25)26/h8-9,11,14-16H,7,10,12-13H2,1-6H3,(H,27,28,29)/t16-/m1/s1. The summed E-state index contributed by atoms with van der Waals surface area (Å²) in [6, 6.07) is 5.79. The number of rotatable bonds is 11. The monoisotopic (exact) mass is 486 g/mol. The maximum absolute atomic E-state index is 13.0. The molecule has 2 rings (SSSR count). The summed E-state index contributed by atoms with van der Waals surface area (Å²) in [5.74, 6) is -0.800. The van der Waals surface area contributed by atoms with Crippen LogP contribution in [0.4, 0.5) is 29.7 Å². The molecule has 1 atom stereocenters. The maximum atomic E-state index is 13.0. The van der Waals surface area contributed by atoms with Gasteiger partial charge in [0, 0.05) is 24.6 Å². The highest BCUT2D eigenvalue weighted by atomic mass is 32.1. The van der Waals surface area contributed by atoms with Crippen LogP contribution in [-0.2, 0) is 15.7 Å². The normalized spacial score (nSPS) is 12.8. The minimum absolute atomic E-state index is 0.0628. The largest absolute Gasteiger partial charge is 0.466 e. The van der Waals surface area contributed by atoms with E-state index < -0.39 is 12.0 Å². The number of anilines is 3. The first-order valence-electron chi connectivity index (χ1n) is 11.1. The van der Waals surface area contributed by atoms with Crippen molar-refractivity contribution in [3.63, 3.8) is 0 Å². The number of hydrogen-bond acceptors (Lipinski definition) is 7. The van der Waals surface area contributed by atoms with Gasteiger partial charge in [-0.05, 0) is 42.4 Å². The Hall–Kier alpha value is -2.36. The number of halogens is 3. The van der Waals surface area contributed by atoms with Crippen LogP contribution in [0.2, 0.25) is 0 Å². The molecule has 1 N–H and O–H groups in total. The van der Waals surface area contributed by atoms with E-state index in [4.69, 9.17) is 4.74 Å². The number of hydrogen-bond donors (Lipinski definition) is 1. The second kappa shape index (κ2) is 11.7. The molecule has 33 heavy (non-hydrogen) atoms. The van der Waals surface area contributed by atoms with Gasteiger partial charge in [-0.3, -0.25) is 4.79 Å². The van der Waals surface area contributed by atoms with Crippen molar-refractivity contribution in [3.8, 4) is 0 Å². The Morgan fingerprint density at radius 3 is 2.30 bits per heavy atom. The summed E-state index contributed by atoms with van der Waals surface area (Å²) < 4.78 is 47.5. The zero-order chi connectivity index (χ0) is 24.8. The number of carbonyl (C=O) groups excluding carboxylic acids is 1. The fourth-order valence-electron chi connectivity index (χ4n) is 3.48. The van der Waals surface area contributed by atoms with E-state index in [9.17, 15) is 18.0 Å². The van der Waals surface area contributed by atoms with Gasteiger partial charge in [0.1, 0.15) is 0 Å². The molecule has 0 spiro atoms. The Bertz CT molecular complexity index is 905. The summed E-state index contributed by atoms with van der Waals surface area (Å²) in [6.07, 6.45) is -4.39. The molecule has 10 heteroatoms. The average molecular weight is 487 g/mol.